The lowest BCUT2D eigenvalue weighted by atomic mass is 10.1. The highest BCUT2D eigenvalue weighted by atomic mass is 19.4. The summed E-state index contributed by atoms with van der Waals surface area (Å²) < 4.78 is 37.8. The van der Waals surface area contributed by atoms with Gasteiger partial charge in [-0.15, -0.1) is 0 Å². The number of nitrogens with zero attached hydrogens (tertiary/aromatic N) is 1. The van der Waals surface area contributed by atoms with Crippen molar-refractivity contribution in [2.75, 3.05) is 5.32 Å². The number of pyridine rings is 1. The molecule has 0 spiro atoms. The van der Waals surface area contributed by atoms with Gasteiger partial charge >= 0.3 is 6.18 Å². The number of primary amides is 1. The minimum Gasteiger partial charge on any atom is -0.367 e. The first-order chi connectivity index (χ1) is 8.62. The third-order valence-corrected chi connectivity index (χ3v) is 2.23. The van der Waals surface area contributed by atoms with Crippen molar-refractivity contribution in [1.82, 2.24) is 4.98 Å². The molecule has 1 amide bonds. The molecule has 104 valence electrons. The molecular weight excluding hydrogens is 259 g/mol. The van der Waals surface area contributed by atoms with Crippen LogP contribution in [0.5, 0.6) is 0 Å². The fraction of sp³-hybridized carbons (Fsp3) is 0.333. The van der Waals surface area contributed by atoms with Crippen LogP contribution >= 0.6 is 0 Å². The third-order valence-electron chi connectivity index (χ3n) is 2.23. The molecule has 1 aromatic rings. The van der Waals surface area contributed by atoms with Crippen LogP contribution in [-0.2, 0) is 11.0 Å². The highest BCUT2D eigenvalue weighted by molar-refractivity contribution is 6.19. The first-order valence-electron chi connectivity index (χ1n) is 5.46. The van der Waals surface area contributed by atoms with Gasteiger partial charge in [0.05, 0.1) is 0 Å². The van der Waals surface area contributed by atoms with Crippen LogP contribution in [0.25, 0.3) is 5.57 Å². The molecule has 19 heavy (non-hydrogen) atoms. The van der Waals surface area contributed by atoms with Crippen molar-refractivity contribution in [3.63, 3.8) is 0 Å². The van der Waals surface area contributed by atoms with E-state index in [0.717, 1.165) is 12.1 Å². The van der Waals surface area contributed by atoms with Crippen molar-refractivity contribution in [3.8, 4) is 0 Å². The number of carbonyl (C=O) groups excluding carboxylic acids is 1. The highest BCUT2D eigenvalue weighted by Crippen LogP contribution is 2.31. The number of anilines is 1. The molecule has 0 aliphatic rings. The molecule has 0 radical (unpaired) electrons. The minimum absolute atomic E-state index is 0.0615. The molecule has 0 aromatic carbocycles. The first-order valence-corrected chi connectivity index (χ1v) is 5.46. The summed E-state index contributed by atoms with van der Waals surface area (Å²) in [6.07, 6.45) is -4.56. The van der Waals surface area contributed by atoms with Gasteiger partial charge in [0.25, 0.3) is 0 Å². The predicted molar refractivity (Wildman–Crippen MR) is 66.2 cm³/mol. The SMILES string of the molecule is C=C(C(N)=O)c1ccc(C(F)(F)F)nc1NC(C)C. The lowest BCUT2D eigenvalue weighted by Crippen LogP contribution is -2.19. The Morgan fingerprint density at radius 2 is 2.00 bits per heavy atom. The second-order valence-electron chi connectivity index (χ2n) is 4.23. The standard InChI is InChI=1S/C12H14F3N3O/c1-6(2)17-11-8(7(3)10(16)19)4-5-9(18-11)12(13,14)15/h4-6H,3H2,1-2H3,(H2,16,19)(H,17,18). The number of halogens is 3. The maximum Gasteiger partial charge on any atom is 0.433 e. The second-order valence-corrected chi connectivity index (χ2v) is 4.23. The number of hydrogen-bond donors (Lipinski definition) is 2. The van der Waals surface area contributed by atoms with Gasteiger partial charge in [0.2, 0.25) is 5.91 Å². The quantitative estimate of drug-likeness (QED) is 0.828. The Hall–Kier alpha value is -2.05. The zero-order chi connectivity index (χ0) is 14.8. The van der Waals surface area contributed by atoms with Gasteiger partial charge in [0.15, 0.2) is 0 Å². The average molecular weight is 273 g/mol. The van der Waals surface area contributed by atoms with Crippen molar-refractivity contribution in [2.24, 2.45) is 5.73 Å². The fourth-order valence-corrected chi connectivity index (χ4v) is 1.38. The van der Waals surface area contributed by atoms with E-state index in [9.17, 15) is 18.0 Å². The van der Waals surface area contributed by atoms with E-state index in [-0.39, 0.29) is 23.0 Å². The zero-order valence-corrected chi connectivity index (χ0v) is 10.5. The molecule has 1 rings (SSSR count). The molecule has 0 saturated carbocycles. The maximum atomic E-state index is 12.6. The van der Waals surface area contributed by atoms with Gasteiger partial charge < -0.3 is 11.1 Å². The van der Waals surface area contributed by atoms with Gasteiger partial charge in [0.1, 0.15) is 11.5 Å². The summed E-state index contributed by atoms with van der Waals surface area (Å²) in [4.78, 5) is 14.5. The van der Waals surface area contributed by atoms with Gasteiger partial charge in [0, 0.05) is 17.2 Å². The molecule has 0 bridgehead atoms. The number of amides is 1. The predicted octanol–water partition coefficient (Wildman–Crippen LogP) is 2.42. The van der Waals surface area contributed by atoms with Crippen LogP contribution in [0.1, 0.15) is 25.1 Å². The van der Waals surface area contributed by atoms with E-state index in [1.165, 1.54) is 0 Å². The number of aromatic nitrogens is 1. The average Bonchev–Trinajstić information content (AvgIpc) is 2.25. The third kappa shape index (κ3) is 3.70. The molecular formula is C12H14F3N3O. The molecule has 0 unspecified atom stereocenters. The van der Waals surface area contributed by atoms with Crippen molar-refractivity contribution in [2.45, 2.75) is 26.1 Å². The monoisotopic (exact) mass is 273 g/mol. The molecule has 0 fully saturated rings. The smallest absolute Gasteiger partial charge is 0.367 e. The Kier molecular flexibility index (Phi) is 4.18. The van der Waals surface area contributed by atoms with E-state index >= 15 is 0 Å². The Bertz CT molecular complexity index is 509. The van der Waals surface area contributed by atoms with Gasteiger partial charge in [-0.25, -0.2) is 4.98 Å². The summed E-state index contributed by atoms with van der Waals surface area (Å²) in [5, 5.41) is 2.74. The molecule has 4 nitrogen and oxygen atoms in total. The van der Waals surface area contributed by atoms with Gasteiger partial charge in [-0.3, -0.25) is 4.79 Å². The number of alkyl halides is 3. The van der Waals surface area contributed by atoms with Crippen LogP contribution in [0, 0.1) is 0 Å². The van der Waals surface area contributed by atoms with E-state index < -0.39 is 17.8 Å². The number of rotatable bonds is 4. The Balaban J connectivity index is 3.32. The molecule has 0 aliphatic carbocycles. The van der Waals surface area contributed by atoms with Gasteiger partial charge in [-0.2, -0.15) is 13.2 Å². The Morgan fingerprint density at radius 1 is 1.42 bits per heavy atom. The summed E-state index contributed by atoms with van der Waals surface area (Å²) in [7, 11) is 0. The summed E-state index contributed by atoms with van der Waals surface area (Å²) in [5.74, 6) is -0.873. The van der Waals surface area contributed by atoms with Gasteiger partial charge in [-0.1, -0.05) is 6.58 Å². The van der Waals surface area contributed by atoms with E-state index in [4.69, 9.17) is 5.73 Å². The van der Waals surface area contributed by atoms with Crippen LogP contribution in [0.4, 0.5) is 19.0 Å². The summed E-state index contributed by atoms with van der Waals surface area (Å²) >= 11 is 0. The lowest BCUT2D eigenvalue weighted by molar-refractivity contribution is -0.141. The second kappa shape index (κ2) is 5.29. The molecule has 1 heterocycles. The normalized spacial score (nSPS) is 11.5. The lowest BCUT2D eigenvalue weighted by Gasteiger charge is -2.16. The molecule has 1 aromatic heterocycles. The Labute approximate surface area is 108 Å². The topological polar surface area (TPSA) is 68.0 Å². The first kappa shape index (κ1) is 15.0. The van der Waals surface area contributed by atoms with E-state index in [2.05, 4.69) is 16.9 Å². The van der Waals surface area contributed by atoms with Gasteiger partial charge in [-0.05, 0) is 26.0 Å². The molecule has 0 atom stereocenters. The molecule has 0 aliphatic heterocycles. The number of carbonyl (C=O) groups is 1. The van der Waals surface area contributed by atoms with Crippen LogP contribution in [-0.4, -0.2) is 16.9 Å². The molecule has 7 heteroatoms. The van der Waals surface area contributed by atoms with Crippen molar-refractivity contribution >= 4 is 17.3 Å². The van der Waals surface area contributed by atoms with Crippen LogP contribution in [0.15, 0.2) is 18.7 Å². The molecule has 3 N–H and O–H groups in total. The summed E-state index contributed by atoms with van der Waals surface area (Å²) in [6.45, 7) is 6.92. The highest BCUT2D eigenvalue weighted by Gasteiger charge is 2.33. The number of hydrogen-bond acceptors (Lipinski definition) is 3. The van der Waals surface area contributed by atoms with E-state index in [1.54, 1.807) is 13.8 Å². The van der Waals surface area contributed by atoms with Crippen LogP contribution in [0.2, 0.25) is 0 Å². The van der Waals surface area contributed by atoms with Crippen molar-refractivity contribution < 1.29 is 18.0 Å². The van der Waals surface area contributed by atoms with Crippen LogP contribution < -0.4 is 11.1 Å². The maximum absolute atomic E-state index is 12.6. The number of nitrogens with one attached hydrogen (secondary N) is 1. The zero-order valence-electron chi connectivity index (χ0n) is 10.5. The van der Waals surface area contributed by atoms with E-state index in [1.807, 2.05) is 0 Å². The van der Waals surface area contributed by atoms with Crippen LogP contribution in [0.3, 0.4) is 0 Å². The Morgan fingerprint density at radius 3 is 2.42 bits per heavy atom. The largest absolute Gasteiger partial charge is 0.433 e. The summed E-state index contributed by atoms with van der Waals surface area (Å²) in [5.41, 5.74) is 4.10. The van der Waals surface area contributed by atoms with Crippen molar-refractivity contribution in [1.29, 1.82) is 0 Å². The van der Waals surface area contributed by atoms with Crippen molar-refractivity contribution in [3.05, 3.63) is 30.0 Å². The number of nitrogens with two attached hydrogens (primary N) is 1. The molecule has 0 saturated heterocycles. The minimum atomic E-state index is -4.56. The fourth-order valence-electron chi connectivity index (χ4n) is 1.38. The van der Waals surface area contributed by atoms with E-state index in [0.29, 0.717) is 0 Å². The summed E-state index contributed by atoms with van der Waals surface area (Å²) in [6, 6.07) is 1.76.